The third-order valence-electron chi connectivity index (χ3n) is 3.63. The maximum atomic E-state index is 13.3. The lowest BCUT2D eigenvalue weighted by Crippen LogP contribution is -2.48. The Balaban J connectivity index is 2.30. The lowest BCUT2D eigenvalue weighted by atomic mass is 10.2. The Labute approximate surface area is 134 Å². The van der Waals surface area contributed by atoms with Gasteiger partial charge in [0.15, 0.2) is 0 Å². The van der Waals surface area contributed by atoms with Gasteiger partial charge in [0.05, 0.1) is 12.2 Å². The predicted octanol–water partition coefficient (Wildman–Crippen LogP) is 2.51. The van der Waals surface area contributed by atoms with Crippen LogP contribution in [0.5, 0.6) is 0 Å². The Morgan fingerprint density at radius 3 is 2.17 bits per heavy atom. The second kappa shape index (κ2) is 6.79. The molecule has 136 valence electrons. The van der Waals surface area contributed by atoms with Crippen LogP contribution in [0.3, 0.4) is 0 Å². The van der Waals surface area contributed by atoms with Gasteiger partial charge >= 0.3 is 5.51 Å². The van der Waals surface area contributed by atoms with Gasteiger partial charge < -0.3 is 4.90 Å². The highest BCUT2D eigenvalue weighted by Crippen LogP contribution is 2.36. The first-order valence-electron chi connectivity index (χ1n) is 6.88. The van der Waals surface area contributed by atoms with E-state index in [2.05, 4.69) is 0 Å². The fraction of sp³-hybridized carbons (Fsp3) is 0.538. The van der Waals surface area contributed by atoms with Crippen molar-refractivity contribution in [2.45, 2.75) is 16.8 Å². The number of hydrogen-bond acceptors (Lipinski definition) is 4. The van der Waals surface area contributed by atoms with Gasteiger partial charge in [0.2, 0.25) is 0 Å². The van der Waals surface area contributed by atoms with E-state index in [9.17, 15) is 34.8 Å². The molecule has 2 rings (SSSR count). The second-order valence-electron chi connectivity index (χ2n) is 5.24. The molecule has 1 aromatic carbocycles. The number of alkyl halides is 5. The highest BCUT2D eigenvalue weighted by atomic mass is 32.2. The summed E-state index contributed by atoms with van der Waals surface area (Å²) >= 11 is 0. The van der Waals surface area contributed by atoms with E-state index in [4.69, 9.17) is 0 Å². The summed E-state index contributed by atoms with van der Waals surface area (Å²) in [6, 6.07) is 2.14. The molecule has 4 nitrogen and oxygen atoms in total. The van der Waals surface area contributed by atoms with E-state index >= 15 is 0 Å². The van der Waals surface area contributed by atoms with Gasteiger partial charge in [-0.1, -0.05) is 0 Å². The average molecular weight is 376 g/mol. The van der Waals surface area contributed by atoms with Crippen molar-refractivity contribution >= 4 is 15.5 Å². The average Bonchev–Trinajstić information content (AvgIpc) is 2.46. The zero-order valence-corrected chi connectivity index (χ0v) is 13.0. The Kier molecular flexibility index (Phi) is 5.33. The van der Waals surface area contributed by atoms with Crippen molar-refractivity contribution in [2.75, 3.05) is 37.6 Å². The third-order valence-corrected chi connectivity index (χ3v) is 5.14. The number of piperazine rings is 1. The fourth-order valence-corrected chi connectivity index (χ4v) is 3.45. The number of anilines is 1. The van der Waals surface area contributed by atoms with Crippen LogP contribution in [0, 0.1) is 5.82 Å². The monoisotopic (exact) mass is 376 g/mol. The summed E-state index contributed by atoms with van der Waals surface area (Å²) in [5.41, 5.74) is -5.85. The standard InChI is InChI=1S/C13H14F6N2O2S/c14-9-1-2-10(11(7-9)24(22,23)13(17,18)19)21-5-3-20(4-6-21)8-12(15)16/h1-2,7,12H,3-6,8H2. The summed E-state index contributed by atoms with van der Waals surface area (Å²) in [5.74, 6) is -1.11. The molecule has 0 spiro atoms. The summed E-state index contributed by atoms with van der Waals surface area (Å²) < 4.78 is 99.6. The third kappa shape index (κ3) is 3.94. The zero-order chi connectivity index (χ0) is 18.1. The SMILES string of the molecule is O=S(=O)(c1cc(F)ccc1N1CCN(CC(F)F)CC1)C(F)(F)F. The van der Waals surface area contributed by atoms with Gasteiger partial charge in [-0.2, -0.15) is 13.2 Å². The first kappa shape index (κ1) is 18.8. The van der Waals surface area contributed by atoms with Gasteiger partial charge in [0.1, 0.15) is 10.7 Å². The Morgan fingerprint density at radius 2 is 1.67 bits per heavy atom. The number of hydrogen-bond donors (Lipinski definition) is 0. The minimum absolute atomic E-state index is 0.0543. The summed E-state index contributed by atoms with van der Waals surface area (Å²) in [6.45, 7) is -0.0944. The molecule has 1 heterocycles. The van der Waals surface area contributed by atoms with Crippen molar-refractivity contribution in [1.29, 1.82) is 0 Å². The van der Waals surface area contributed by atoms with Gasteiger partial charge in [-0.15, -0.1) is 0 Å². The van der Waals surface area contributed by atoms with Crippen molar-refractivity contribution < 1.29 is 34.8 Å². The van der Waals surface area contributed by atoms with Crippen LogP contribution in [-0.4, -0.2) is 58.0 Å². The molecule has 0 aromatic heterocycles. The van der Waals surface area contributed by atoms with Crippen molar-refractivity contribution in [3.8, 4) is 0 Å². The van der Waals surface area contributed by atoms with Crippen molar-refractivity contribution in [2.24, 2.45) is 0 Å². The zero-order valence-electron chi connectivity index (χ0n) is 12.2. The van der Waals surface area contributed by atoms with Gasteiger partial charge in [-0.05, 0) is 18.2 Å². The minimum Gasteiger partial charge on any atom is -0.368 e. The Hall–Kier alpha value is -1.49. The van der Waals surface area contributed by atoms with Crippen molar-refractivity contribution in [1.82, 2.24) is 4.90 Å². The first-order chi connectivity index (χ1) is 11.0. The molecule has 11 heteroatoms. The van der Waals surface area contributed by atoms with Crippen LogP contribution in [0.15, 0.2) is 23.1 Å². The van der Waals surface area contributed by atoms with Crippen molar-refractivity contribution in [3.63, 3.8) is 0 Å². The van der Waals surface area contributed by atoms with Crippen LogP contribution in [0.1, 0.15) is 0 Å². The molecule has 1 fully saturated rings. The summed E-state index contributed by atoms with van der Waals surface area (Å²) in [7, 11) is -5.73. The normalized spacial score (nSPS) is 17.5. The van der Waals surface area contributed by atoms with Crippen LogP contribution in [0.4, 0.5) is 32.0 Å². The molecule has 0 bridgehead atoms. The lowest BCUT2D eigenvalue weighted by Gasteiger charge is -2.36. The van der Waals surface area contributed by atoms with E-state index in [1.165, 1.54) is 9.80 Å². The Bertz CT molecular complexity index is 684. The summed E-state index contributed by atoms with van der Waals surface area (Å²) in [4.78, 5) is 1.57. The van der Waals surface area contributed by atoms with Gasteiger partial charge in [0, 0.05) is 26.2 Å². The molecule has 24 heavy (non-hydrogen) atoms. The molecule has 0 atom stereocenters. The number of nitrogens with zero attached hydrogens (tertiary/aromatic N) is 2. The molecule has 0 amide bonds. The molecule has 1 aliphatic rings. The van der Waals surface area contributed by atoms with E-state index < -0.39 is 39.0 Å². The maximum Gasteiger partial charge on any atom is 0.501 e. The molecule has 0 aliphatic carbocycles. The molecule has 0 N–H and O–H groups in total. The molecular weight excluding hydrogens is 362 g/mol. The topological polar surface area (TPSA) is 40.6 Å². The number of benzene rings is 1. The largest absolute Gasteiger partial charge is 0.501 e. The van der Waals surface area contributed by atoms with E-state index in [0.29, 0.717) is 6.07 Å². The molecular formula is C13H14F6N2O2S. The van der Waals surface area contributed by atoms with Gasteiger partial charge in [-0.25, -0.2) is 21.6 Å². The molecule has 1 aliphatic heterocycles. The van der Waals surface area contributed by atoms with E-state index in [1.54, 1.807) is 0 Å². The van der Waals surface area contributed by atoms with Crippen molar-refractivity contribution in [3.05, 3.63) is 24.0 Å². The van der Waals surface area contributed by atoms with E-state index in [-0.39, 0.29) is 31.9 Å². The van der Waals surface area contributed by atoms with Crippen LogP contribution in [0.25, 0.3) is 0 Å². The highest BCUT2D eigenvalue weighted by molar-refractivity contribution is 7.92. The quantitative estimate of drug-likeness (QED) is 0.758. The molecule has 1 saturated heterocycles. The Morgan fingerprint density at radius 1 is 1.08 bits per heavy atom. The highest BCUT2D eigenvalue weighted by Gasteiger charge is 2.48. The van der Waals surface area contributed by atoms with Crippen LogP contribution in [-0.2, 0) is 9.84 Å². The first-order valence-corrected chi connectivity index (χ1v) is 8.37. The summed E-state index contributed by atoms with van der Waals surface area (Å²) in [6.07, 6.45) is -2.54. The van der Waals surface area contributed by atoms with E-state index in [0.717, 1.165) is 12.1 Å². The van der Waals surface area contributed by atoms with Crippen LogP contribution >= 0.6 is 0 Å². The fourth-order valence-electron chi connectivity index (χ4n) is 2.46. The van der Waals surface area contributed by atoms with Crippen LogP contribution in [0.2, 0.25) is 0 Å². The number of rotatable bonds is 4. The summed E-state index contributed by atoms with van der Waals surface area (Å²) in [5, 5.41) is 0. The van der Waals surface area contributed by atoms with Crippen LogP contribution < -0.4 is 4.90 Å². The molecule has 0 unspecified atom stereocenters. The minimum atomic E-state index is -5.73. The number of sulfone groups is 1. The predicted molar refractivity (Wildman–Crippen MR) is 74.3 cm³/mol. The van der Waals surface area contributed by atoms with E-state index in [1.807, 2.05) is 0 Å². The smallest absolute Gasteiger partial charge is 0.368 e. The van der Waals surface area contributed by atoms with Gasteiger partial charge in [0.25, 0.3) is 16.3 Å². The lowest BCUT2D eigenvalue weighted by molar-refractivity contribution is -0.0435. The molecule has 0 radical (unpaired) electrons. The molecule has 1 aromatic rings. The van der Waals surface area contributed by atoms with Gasteiger partial charge in [-0.3, -0.25) is 4.90 Å². The second-order valence-corrected chi connectivity index (χ2v) is 7.15. The molecule has 0 saturated carbocycles. The maximum absolute atomic E-state index is 13.3. The number of halogens is 6.